The van der Waals surface area contributed by atoms with Crippen molar-refractivity contribution in [1.82, 2.24) is 0 Å². The zero-order valence-electron chi connectivity index (χ0n) is 13.5. The molecule has 0 aromatic heterocycles. The van der Waals surface area contributed by atoms with Gasteiger partial charge in [-0.2, -0.15) is 0 Å². The first-order valence-electron chi connectivity index (χ1n) is 7.55. The SMILES string of the molecule is COc1cccc(NC(=O)CN2CC(=O)Oc3ccc(C)cc32)c1. The molecule has 0 bridgehead atoms. The van der Waals surface area contributed by atoms with Crippen LogP contribution in [-0.4, -0.2) is 32.1 Å². The maximum Gasteiger partial charge on any atom is 0.331 e. The van der Waals surface area contributed by atoms with Crippen LogP contribution in [-0.2, 0) is 9.59 Å². The molecule has 3 rings (SSSR count). The average Bonchev–Trinajstić information content (AvgIpc) is 2.55. The van der Waals surface area contributed by atoms with Gasteiger partial charge in [0.05, 0.1) is 19.3 Å². The highest BCUT2D eigenvalue weighted by Crippen LogP contribution is 2.32. The van der Waals surface area contributed by atoms with Gasteiger partial charge in [-0.25, -0.2) is 4.79 Å². The van der Waals surface area contributed by atoms with E-state index in [1.165, 1.54) is 0 Å². The van der Waals surface area contributed by atoms with E-state index in [1.54, 1.807) is 42.3 Å². The molecule has 0 saturated heterocycles. The number of nitrogens with zero attached hydrogens (tertiary/aromatic N) is 1. The van der Waals surface area contributed by atoms with Gasteiger partial charge >= 0.3 is 5.97 Å². The molecule has 1 heterocycles. The van der Waals surface area contributed by atoms with Gasteiger partial charge in [0.1, 0.15) is 12.3 Å². The smallest absolute Gasteiger partial charge is 0.331 e. The van der Waals surface area contributed by atoms with Crippen LogP contribution in [0.4, 0.5) is 11.4 Å². The largest absolute Gasteiger partial charge is 0.497 e. The van der Waals surface area contributed by atoms with E-state index in [0.717, 1.165) is 11.3 Å². The van der Waals surface area contributed by atoms with E-state index >= 15 is 0 Å². The molecule has 0 saturated carbocycles. The highest BCUT2D eigenvalue weighted by molar-refractivity contribution is 5.96. The van der Waals surface area contributed by atoms with Gasteiger partial charge in [0.2, 0.25) is 5.91 Å². The minimum Gasteiger partial charge on any atom is -0.497 e. The quantitative estimate of drug-likeness (QED) is 0.690. The second-order valence-electron chi connectivity index (χ2n) is 5.58. The van der Waals surface area contributed by atoms with E-state index < -0.39 is 0 Å². The number of fused-ring (bicyclic) bond motifs is 1. The van der Waals surface area contributed by atoms with E-state index in [0.29, 0.717) is 17.2 Å². The lowest BCUT2D eigenvalue weighted by molar-refractivity contribution is -0.133. The van der Waals surface area contributed by atoms with Crippen molar-refractivity contribution >= 4 is 23.3 Å². The summed E-state index contributed by atoms with van der Waals surface area (Å²) >= 11 is 0. The molecule has 24 heavy (non-hydrogen) atoms. The van der Waals surface area contributed by atoms with Gasteiger partial charge in [0, 0.05) is 11.8 Å². The normalized spacial score (nSPS) is 13.1. The average molecular weight is 326 g/mol. The molecule has 1 N–H and O–H groups in total. The first kappa shape index (κ1) is 15.9. The van der Waals surface area contributed by atoms with E-state index in [-0.39, 0.29) is 25.0 Å². The van der Waals surface area contributed by atoms with Gasteiger partial charge in [-0.1, -0.05) is 12.1 Å². The molecule has 2 aromatic carbocycles. The maximum atomic E-state index is 12.3. The van der Waals surface area contributed by atoms with Crippen molar-refractivity contribution in [3.05, 3.63) is 48.0 Å². The topological polar surface area (TPSA) is 67.9 Å². The number of carbonyl (C=O) groups excluding carboxylic acids is 2. The van der Waals surface area contributed by atoms with Gasteiger partial charge in [-0.3, -0.25) is 4.79 Å². The molecule has 1 amide bonds. The van der Waals surface area contributed by atoms with Crippen molar-refractivity contribution in [1.29, 1.82) is 0 Å². The molecule has 0 atom stereocenters. The summed E-state index contributed by atoms with van der Waals surface area (Å²) in [6, 6.07) is 12.6. The molecule has 0 radical (unpaired) electrons. The van der Waals surface area contributed by atoms with Crippen LogP contribution >= 0.6 is 0 Å². The Labute approximate surface area is 140 Å². The molecular weight excluding hydrogens is 308 g/mol. The summed E-state index contributed by atoms with van der Waals surface area (Å²) in [5.41, 5.74) is 2.42. The van der Waals surface area contributed by atoms with E-state index in [1.807, 2.05) is 19.1 Å². The fraction of sp³-hybridized carbons (Fsp3) is 0.222. The fourth-order valence-electron chi connectivity index (χ4n) is 2.57. The number of aryl methyl sites for hydroxylation is 1. The van der Waals surface area contributed by atoms with Gasteiger partial charge < -0.3 is 19.7 Å². The van der Waals surface area contributed by atoms with Crippen LogP contribution in [0.15, 0.2) is 42.5 Å². The fourth-order valence-corrected chi connectivity index (χ4v) is 2.57. The van der Waals surface area contributed by atoms with Crippen LogP contribution in [0.25, 0.3) is 0 Å². The second kappa shape index (κ2) is 6.62. The maximum absolute atomic E-state index is 12.3. The number of carbonyl (C=O) groups is 2. The van der Waals surface area contributed by atoms with Gasteiger partial charge in [0.15, 0.2) is 5.75 Å². The number of benzene rings is 2. The molecule has 124 valence electrons. The third-order valence-corrected chi connectivity index (χ3v) is 3.69. The first-order chi connectivity index (χ1) is 11.5. The number of rotatable bonds is 4. The Morgan fingerprint density at radius 3 is 2.92 bits per heavy atom. The van der Waals surface area contributed by atoms with Crippen LogP contribution in [0.1, 0.15) is 5.56 Å². The summed E-state index contributed by atoms with van der Waals surface area (Å²) in [7, 11) is 1.57. The first-order valence-corrected chi connectivity index (χ1v) is 7.55. The summed E-state index contributed by atoms with van der Waals surface area (Å²) in [6.45, 7) is 2.05. The summed E-state index contributed by atoms with van der Waals surface area (Å²) in [6.07, 6.45) is 0. The molecule has 0 aliphatic carbocycles. The predicted molar refractivity (Wildman–Crippen MR) is 90.7 cm³/mol. The highest BCUT2D eigenvalue weighted by Gasteiger charge is 2.25. The van der Waals surface area contributed by atoms with Crippen molar-refractivity contribution in [3.8, 4) is 11.5 Å². The van der Waals surface area contributed by atoms with Crippen LogP contribution in [0.5, 0.6) is 11.5 Å². The molecule has 1 aliphatic rings. The summed E-state index contributed by atoms with van der Waals surface area (Å²) in [5.74, 6) is 0.548. The third-order valence-electron chi connectivity index (χ3n) is 3.69. The predicted octanol–water partition coefficient (Wildman–Crippen LogP) is 2.37. The number of anilines is 2. The van der Waals surface area contributed by atoms with Crippen LogP contribution in [0.3, 0.4) is 0 Å². The third kappa shape index (κ3) is 3.48. The lowest BCUT2D eigenvalue weighted by Crippen LogP contribution is -2.41. The molecule has 0 fully saturated rings. The second-order valence-corrected chi connectivity index (χ2v) is 5.58. The molecule has 0 spiro atoms. The van der Waals surface area contributed by atoms with Gasteiger partial charge in [0.25, 0.3) is 0 Å². The number of esters is 1. The Morgan fingerprint density at radius 1 is 1.29 bits per heavy atom. The van der Waals surface area contributed by atoms with Crippen molar-refractivity contribution in [2.75, 3.05) is 30.4 Å². The van der Waals surface area contributed by atoms with E-state index in [4.69, 9.17) is 9.47 Å². The summed E-state index contributed by atoms with van der Waals surface area (Å²) in [5, 5.41) is 2.81. The Bertz CT molecular complexity index is 788. The molecule has 0 unspecified atom stereocenters. The van der Waals surface area contributed by atoms with E-state index in [2.05, 4.69) is 5.32 Å². The summed E-state index contributed by atoms with van der Waals surface area (Å²) < 4.78 is 10.4. The molecule has 2 aromatic rings. The van der Waals surface area contributed by atoms with Crippen LogP contribution in [0, 0.1) is 6.92 Å². The molecule has 6 heteroatoms. The van der Waals surface area contributed by atoms with Gasteiger partial charge in [-0.15, -0.1) is 0 Å². The number of methoxy groups -OCH3 is 1. The molecular formula is C18H18N2O4. The molecule has 1 aliphatic heterocycles. The number of hydrogen-bond donors (Lipinski definition) is 1. The lowest BCUT2D eigenvalue weighted by atomic mass is 10.1. The lowest BCUT2D eigenvalue weighted by Gasteiger charge is -2.29. The Balaban J connectivity index is 1.74. The Hall–Kier alpha value is -3.02. The zero-order chi connectivity index (χ0) is 17.1. The number of hydrogen-bond acceptors (Lipinski definition) is 5. The van der Waals surface area contributed by atoms with Crippen molar-refractivity contribution in [2.24, 2.45) is 0 Å². The minimum atomic E-state index is -0.375. The minimum absolute atomic E-state index is 0.0436. The standard InChI is InChI=1S/C18H18N2O4/c1-12-6-7-16-15(8-12)20(11-18(22)24-16)10-17(21)19-13-4-3-5-14(9-13)23-2/h3-9H,10-11H2,1-2H3,(H,19,21). The number of nitrogens with one attached hydrogen (secondary N) is 1. The van der Waals surface area contributed by atoms with Crippen LogP contribution < -0.4 is 19.7 Å². The monoisotopic (exact) mass is 326 g/mol. The zero-order valence-corrected chi connectivity index (χ0v) is 13.5. The Kier molecular flexibility index (Phi) is 4.37. The number of ether oxygens (including phenoxy) is 2. The highest BCUT2D eigenvalue weighted by atomic mass is 16.5. The van der Waals surface area contributed by atoms with Crippen molar-refractivity contribution in [3.63, 3.8) is 0 Å². The van der Waals surface area contributed by atoms with Crippen molar-refractivity contribution in [2.45, 2.75) is 6.92 Å². The molecule has 6 nitrogen and oxygen atoms in total. The Morgan fingerprint density at radius 2 is 2.12 bits per heavy atom. The van der Waals surface area contributed by atoms with Gasteiger partial charge in [-0.05, 0) is 36.8 Å². The van der Waals surface area contributed by atoms with E-state index in [9.17, 15) is 9.59 Å². The number of amides is 1. The van der Waals surface area contributed by atoms with Crippen molar-refractivity contribution < 1.29 is 19.1 Å². The summed E-state index contributed by atoms with van der Waals surface area (Å²) in [4.78, 5) is 25.8. The van der Waals surface area contributed by atoms with Crippen LogP contribution in [0.2, 0.25) is 0 Å².